The summed E-state index contributed by atoms with van der Waals surface area (Å²) in [5, 5.41) is 0.774. The molecule has 0 bridgehead atoms. The number of halogens is 1. The molecular formula is C12H17ClN2O. The highest BCUT2D eigenvalue weighted by molar-refractivity contribution is 6.33. The van der Waals surface area contributed by atoms with Crippen LogP contribution in [0.1, 0.15) is 12.8 Å². The molecular weight excluding hydrogens is 224 g/mol. The monoisotopic (exact) mass is 240 g/mol. The van der Waals surface area contributed by atoms with Gasteiger partial charge in [0.1, 0.15) is 5.75 Å². The second-order valence-electron chi connectivity index (χ2n) is 4.14. The lowest BCUT2D eigenvalue weighted by Crippen LogP contribution is -2.39. The molecule has 0 radical (unpaired) electrons. The average Bonchev–Trinajstić information content (AvgIpc) is 2.31. The van der Waals surface area contributed by atoms with Crippen molar-refractivity contribution in [1.29, 1.82) is 0 Å². The van der Waals surface area contributed by atoms with Gasteiger partial charge in [0.05, 0.1) is 17.8 Å². The first kappa shape index (κ1) is 11.6. The van der Waals surface area contributed by atoms with Crippen LogP contribution >= 0.6 is 11.6 Å². The van der Waals surface area contributed by atoms with E-state index in [0.717, 1.165) is 42.4 Å². The zero-order chi connectivity index (χ0) is 11.5. The van der Waals surface area contributed by atoms with Crippen molar-refractivity contribution in [3.8, 4) is 5.75 Å². The number of anilines is 1. The van der Waals surface area contributed by atoms with E-state index in [-0.39, 0.29) is 0 Å². The molecule has 0 spiro atoms. The molecule has 1 aliphatic rings. The van der Waals surface area contributed by atoms with Crippen LogP contribution in [0, 0.1) is 0 Å². The molecule has 1 aromatic rings. The van der Waals surface area contributed by atoms with Crippen molar-refractivity contribution in [2.45, 2.75) is 18.9 Å². The molecule has 4 heteroatoms. The maximum Gasteiger partial charge on any atom is 0.121 e. The Hall–Kier alpha value is -0.930. The lowest BCUT2D eigenvalue weighted by Gasteiger charge is -2.32. The maximum absolute atomic E-state index is 6.19. The van der Waals surface area contributed by atoms with E-state index in [9.17, 15) is 0 Å². The first-order valence-electron chi connectivity index (χ1n) is 5.55. The van der Waals surface area contributed by atoms with Gasteiger partial charge in [0.15, 0.2) is 0 Å². The number of nitrogens with zero attached hydrogens (tertiary/aromatic N) is 1. The molecule has 2 rings (SSSR count). The van der Waals surface area contributed by atoms with Crippen LogP contribution in [0.4, 0.5) is 5.69 Å². The summed E-state index contributed by atoms with van der Waals surface area (Å²) in [5.74, 6) is 0.842. The van der Waals surface area contributed by atoms with E-state index in [1.54, 1.807) is 7.11 Å². The number of nitrogens with two attached hydrogens (primary N) is 1. The van der Waals surface area contributed by atoms with Gasteiger partial charge in [-0.1, -0.05) is 11.6 Å². The lowest BCUT2D eigenvalue weighted by atomic mass is 10.1. The summed E-state index contributed by atoms with van der Waals surface area (Å²) in [6.07, 6.45) is 2.04. The Labute approximate surface area is 101 Å². The van der Waals surface area contributed by atoms with Crippen molar-refractivity contribution >= 4 is 17.3 Å². The van der Waals surface area contributed by atoms with Crippen molar-refractivity contribution < 1.29 is 4.74 Å². The number of hydrogen-bond acceptors (Lipinski definition) is 3. The highest BCUT2D eigenvalue weighted by Crippen LogP contribution is 2.31. The fourth-order valence-corrected chi connectivity index (χ4v) is 2.24. The van der Waals surface area contributed by atoms with Gasteiger partial charge in [0, 0.05) is 25.2 Å². The predicted octanol–water partition coefficient (Wildman–Crippen LogP) is 2.28. The van der Waals surface area contributed by atoms with E-state index >= 15 is 0 Å². The minimum Gasteiger partial charge on any atom is -0.497 e. The van der Waals surface area contributed by atoms with Gasteiger partial charge in [0.25, 0.3) is 0 Å². The molecule has 88 valence electrons. The smallest absolute Gasteiger partial charge is 0.121 e. The van der Waals surface area contributed by atoms with Gasteiger partial charge >= 0.3 is 0 Å². The Bertz CT molecular complexity index is 362. The summed E-state index contributed by atoms with van der Waals surface area (Å²) in [5.41, 5.74) is 6.93. The number of hydrogen-bond donors (Lipinski definition) is 1. The van der Waals surface area contributed by atoms with E-state index in [4.69, 9.17) is 22.1 Å². The van der Waals surface area contributed by atoms with Crippen molar-refractivity contribution in [3.63, 3.8) is 0 Å². The summed E-state index contributed by atoms with van der Waals surface area (Å²) in [6, 6.07) is 6.07. The fraction of sp³-hybridized carbons (Fsp3) is 0.500. The molecule has 0 saturated carbocycles. The largest absolute Gasteiger partial charge is 0.497 e. The zero-order valence-corrected chi connectivity index (χ0v) is 10.2. The number of ether oxygens (including phenoxy) is 1. The van der Waals surface area contributed by atoms with E-state index in [1.165, 1.54) is 0 Å². The van der Waals surface area contributed by atoms with Crippen molar-refractivity contribution in [3.05, 3.63) is 23.2 Å². The Morgan fingerprint density at radius 3 is 2.69 bits per heavy atom. The molecule has 1 aromatic carbocycles. The number of benzene rings is 1. The summed E-state index contributed by atoms with van der Waals surface area (Å²) < 4.78 is 5.21. The zero-order valence-electron chi connectivity index (χ0n) is 9.45. The van der Waals surface area contributed by atoms with Crippen molar-refractivity contribution in [1.82, 2.24) is 0 Å². The van der Waals surface area contributed by atoms with Crippen LogP contribution in [0.5, 0.6) is 5.75 Å². The molecule has 3 nitrogen and oxygen atoms in total. The molecule has 0 aliphatic carbocycles. The third kappa shape index (κ3) is 2.42. The molecule has 0 aromatic heterocycles. The van der Waals surface area contributed by atoms with Gasteiger partial charge in [0.2, 0.25) is 0 Å². The Morgan fingerprint density at radius 1 is 1.38 bits per heavy atom. The van der Waals surface area contributed by atoms with Gasteiger partial charge in [-0.25, -0.2) is 0 Å². The Balaban J connectivity index is 2.19. The van der Waals surface area contributed by atoms with Crippen LogP contribution < -0.4 is 15.4 Å². The molecule has 0 amide bonds. The van der Waals surface area contributed by atoms with Crippen molar-refractivity contribution in [2.24, 2.45) is 5.73 Å². The summed E-state index contributed by atoms with van der Waals surface area (Å²) in [6.45, 7) is 1.93. The van der Waals surface area contributed by atoms with E-state index < -0.39 is 0 Å². The summed E-state index contributed by atoms with van der Waals surface area (Å²) in [7, 11) is 1.67. The average molecular weight is 241 g/mol. The molecule has 1 heterocycles. The number of rotatable bonds is 2. The SMILES string of the molecule is COc1ccc(Cl)c(N2CCC(N)CC2)c1. The fourth-order valence-electron chi connectivity index (χ4n) is 2.00. The quantitative estimate of drug-likeness (QED) is 0.862. The predicted molar refractivity (Wildman–Crippen MR) is 67.4 cm³/mol. The highest BCUT2D eigenvalue weighted by atomic mass is 35.5. The first-order chi connectivity index (χ1) is 7.70. The maximum atomic E-state index is 6.19. The molecule has 1 aliphatic heterocycles. The van der Waals surface area contributed by atoms with Gasteiger partial charge in [-0.2, -0.15) is 0 Å². The Morgan fingerprint density at radius 2 is 2.06 bits per heavy atom. The van der Waals surface area contributed by atoms with Gasteiger partial charge in [-0.05, 0) is 25.0 Å². The minimum atomic E-state index is 0.334. The highest BCUT2D eigenvalue weighted by Gasteiger charge is 2.18. The second kappa shape index (κ2) is 4.93. The molecule has 1 fully saturated rings. The molecule has 2 N–H and O–H groups in total. The minimum absolute atomic E-state index is 0.334. The normalized spacial score (nSPS) is 17.6. The van der Waals surface area contributed by atoms with Gasteiger partial charge in [-0.3, -0.25) is 0 Å². The molecule has 0 atom stereocenters. The lowest BCUT2D eigenvalue weighted by molar-refractivity contribution is 0.414. The molecule has 0 unspecified atom stereocenters. The second-order valence-corrected chi connectivity index (χ2v) is 4.55. The topological polar surface area (TPSA) is 38.5 Å². The van der Waals surface area contributed by atoms with Crippen molar-refractivity contribution in [2.75, 3.05) is 25.1 Å². The van der Waals surface area contributed by atoms with Gasteiger partial charge < -0.3 is 15.4 Å². The number of methoxy groups -OCH3 is 1. The van der Waals surface area contributed by atoms with Crippen LogP contribution in [-0.4, -0.2) is 26.2 Å². The molecule has 16 heavy (non-hydrogen) atoms. The van der Waals surface area contributed by atoms with E-state index in [1.807, 2.05) is 18.2 Å². The van der Waals surface area contributed by atoms with E-state index in [0.29, 0.717) is 6.04 Å². The third-order valence-corrected chi connectivity index (χ3v) is 3.35. The van der Waals surface area contributed by atoms with Crippen LogP contribution in [0.25, 0.3) is 0 Å². The first-order valence-corrected chi connectivity index (χ1v) is 5.92. The number of piperidine rings is 1. The third-order valence-electron chi connectivity index (χ3n) is 3.03. The van der Waals surface area contributed by atoms with Crippen LogP contribution in [0.3, 0.4) is 0 Å². The summed E-state index contributed by atoms with van der Waals surface area (Å²) in [4.78, 5) is 2.27. The standard InChI is InChI=1S/C12H17ClN2O/c1-16-10-2-3-11(13)12(8-10)15-6-4-9(14)5-7-15/h2-3,8-9H,4-7,14H2,1H3. The summed E-state index contributed by atoms with van der Waals surface area (Å²) >= 11 is 6.19. The van der Waals surface area contributed by atoms with Crippen LogP contribution in [0.15, 0.2) is 18.2 Å². The molecule has 1 saturated heterocycles. The van der Waals surface area contributed by atoms with Crippen LogP contribution in [0.2, 0.25) is 5.02 Å². The van der Waals surface area contributed by atoms with Gasteiger partial charge in [-0.15, -0.1) is 0 Å². The van der Waals surface area contributed by atoms with Crippen LogP contribution in [-0.2, 0) is 0 Å². The van der Waals surface area contributed by atoms with E-state index in [2.05, 4.69) is 4.90 Å². The Kier molecular flexibility index (Phi) is 3.56.